The van der Waals surface area contributed by atoms with Crippen molar-refractivity contribution in [3.8, 4) is 11.3 Å². The predicted molar refractivity (Wildman–Crippen MR) is 85.1 cm³/mol. The number of hydrogen-bond acceptors (Lipinski definition) is 2. The van der Waals surface area contributed by atoms with Gasteiger partial charge in [0, 0.05) is 12.0 Å². The monoisotopic (exact) mass is 292 g/mol. The molecule has 0 radical (unpaired) electrons. The van der Waals surface area contributed by atoms with Gasteiger partial charge in [-0.05, 0) is 42.8 Å². The summed E-state index contributed by atoms with van der Waals surface area (Å²) in [4.78, 5) is 10.8. The Bertz CT molecular complexity index is 798. The lowest BCUT2D eigenvalue weighted by Gasteiger charge is -2.01. The van der Waals surface area contributed by atoms with Gasteiger partial charge in [0.2, 0.25) is 0 Å². The Morgan fingerprint density at radius 3 is 2.50 bits per heavy atom. The molecule has 3 rings (SSSR count). The number of aromatic carboxylic acids is 1. The smallest absolute Gasteiger partial charge is 0.335 e. The van der Waals surface area contributed by atoms with E-state index in [1.165, 1.54) is 5.56 Å². The highest BCUT2D eigenvalue weighted by Gasteiger charge is 2.07. The van der Waals surface area contributed by atoms with Crippen LogP contribution in [0.4, 0.5) is 0 Å². The molecule has 3 nitrogen and oxygen atoms in total. The molecule has 0 aliphatic rings. The van der Waals surface area contributed by atoms with Crippen LogP contribution >= 0.6 is 0 Å². The quantitative estimate of drug-likeness (QED) is 0.767. The molecule has 1 N–H and O–H groups in total. The Morgan fingerprint density at radius 2 is 1.82 bits per heavy atom. The first-order valence-electron chi connectivity index (χ1n) is 7.10. The molecule has 0 unspecified atom stereocenters. The fourth-order valence-corrected chi connectivity index (χ4v) is 2.39. The van der Waals surface area contributed by atoms with Crippen molar-refractivity contribution in [3.63, 3.8) is 0 Å². The average Bonchev–Trinajstić information content (AvgIpc) is 2.96. The molecule has 1 heterocycles. The molecule has 0 aliphatic heterocycles. The topological polar surface area (TPSA) is 50.4 Å². The average molecular weight is 292 g/mol. The van der Waals surface area contributed by atoms with Crippen molar-refractivity contribution in [1.29, 1.82) is 0 Å². The normalized spacial score (nSPS) is 10.6. The summed E-state index contributed by atoms with van der Waals surface area (Å²) in [6.45, 7) is 2.05. The van der Waals surface area contributed by atoms with Crippen molar-refractivity contribution >= 4 is 5.97 Å². The third-order valence-corrected chi connectivity index (χ3v) is 3.54. The minimum Gasteiger partial charge on any atom is -0.478 e. The van der Waals surface area contributed by atoms with Gasteiger partial charge in [0.1, 0.15) is 11.5 Å². The van der Waals surface area contributed by atoms with E-state index >= 15 is 0 Å². The molecular weight excluding hydrogens is 276 g/mol. The van der Waals surface area contributed by atoms with Gasteiger partial charge in [0.25, 0.3) is 0 Å². The van der Waals surface area contributed by atoms with Gasteiger partial charge in [0.15, 0.2) is 0 Å². The van der Waals surface area contributed by atoms with Crippen LogP contribution in [0.1, 0.15) is 27.2 Å². The molecule has 0 saturated carbocycles. The maximum absolute atomic E-state index is 10.8. The molecule has 3 aromatic rings. The van der Waals surface area contributed by atoms with Gasteiger partial charge in [-0.25, -0.2) is 4.79 Å². The molecule has 0 amide bonds. The summed E-state index contributed by atoms with van der Waals surface area (Å²) in [5, 5.41) is 8.90. The lowest BCUT2D eigenvalue weighted by Crippen LogP contribution is -1.96. The molecular formula is C19H16O3. The molecule has 0 bridgehead atoms. The van der Waals surface area contributed by atoms with Crippen molar-refractivity contribution in [2.75, 3.05) is 0 Å². The van der Waals surface area contributed by atoms with Crippen LogP contribution < -0.4 is 0 Å². The van der Waals surface area contributed by atoms with E-state index in [4.69, 9.17) is 9.52 Å². The van der Waals surface area contributed by atoms with Crippen molar-refractivity contribution in [3.05, 3.63) is 83.1 Å². The Balaban J connectivity index is 1.78. The van der Waals surface area contributed by atoms with E-state index in [1.54, 1.807) is 12.1 Å². The van der Waals surface area contributed by atoms with Crippen LogP contribution in [0.2, 0.25) is 0 Å². The Kier molecular flexibility index (Phi) is 3.79. The summed E-state index contributed by atoms with van der Waals surface area (Å²) >= 11 is 0. The van der Waals surface area contributed by atoms with Crippen molar-refractivity contribution in [2.45, 2.75) is 13.3 Å². The van der Waals surface area contributed by atoms with Crippen LogP contribution in [0, 0.1) is 6.92 Å². The first-order valence-corrected chi connectivity index (χ1v) is 7.10. The number of benzene rings is 2. The van der Waals surface area contributed by atoms with Gasteiger partial charge < -0.3 is 9.52 Å². The number of furan rings is 1. The molecule has 0 fully saturated rings. The number of carboxylic acids is 1. The van der Waals surface area contributed by atoms with Gasteiger partial charge in [-0.15, -0.1) is 0 Å². The van der Waals surface area contributed by atoms with E-state index in [1.807, 2.05) is 36.4 Å². The van der Waals surface area contributed by atoms with Crippen LogP contribution in [-0.4, -0.2) is 11.1 Å². The van der Waals surface area contributed by atoms with Crippen LogP contribution in [0.15, 0.2) is 65.1 Å². The molecule has 22 heavy (non-hydrogen) atoms. The SMILES string of the molecule is Cc1cccc(-c2ccc(Cc3ccc(C(=O)O)cc3)o2)c1. The second-order valence-corrected chi connectivity index (χ2v) is 5.31. The maximum Gasteiger partial charge on any atom is 0.335 e. The van der Waals surface area contributed by atoms with E-state index in [-0.39, 0.29) is 0 Å². The zero-order valence-electron chi connectivity index (χ0n) is 12.2. The highest BCUT2D eigenvalue weighted by atomic mass is 16.4. The molecule has 0 aliphatic carbocycles. The van der Waals surface area contributed by atoms with E-state index in [9.17, 15) is 4.79 Å². The fourth-order valence-electron chi connectivity index (χ4n) is 2.39. The van der Waals surface area contributed by atoms with Gasteiger partial charge in [-0.2, -0.15) is 0 Å². The van der Waals surface area contributed by atoms with Crippen molar-refractivity contribution < 1.29 is 14.3 Å². The van der Waals surface area contributed by atoms with E-state index < -0.39 is 5.97 Å². The Hall–Kier alpha value is -2.81. The second-order valence-electron chi connectivity index (χ2n) is 5.31. The van der Waals surface area contributed by atoms with Gasteiger partial charge in [0.05, 0.1) is 5.56 Å². The standard InChI is InChI=1S/C19H16O3/c1-13-3-2-4-16(11-13)18-10-9-17(22-18)12-14-5-7-15(8-6-14)19(20)21/h2-11H,12H2,1H3,(H,20,21). The minimum absolute atomic E-state index is 0.295. The highest BCUT2D eigenvalue weighted by molar-refractivity contribution is 5.87. The predicted octanol–water partition coefficient (Wildman–Crippen LogP) is 4.54. The number of carboxylic acid groups (broad SMARTS) is 1. The van der Waals surface area contributed by atoms with Crippen LogP contribution in [-0.2, 0) is 6.42 Å². The summed E-state index contributed by atoms with van der Waals surface area (Å²) < 4.78 is 5.89. The van der Waals surface area contributed by atoms with E-state index in [2.05, 4.69) is 19.1 Å². The van der Waals surface area contributed by atoms with E-state index in [0.29, 0.717) is 12.0 Å². The molecule has 1 aromatic heterocycles. The molecule has 0 saturated heterocycles. The highest BCUT2D eigenvalue weighted by Crippen LogP contribution is 2.24. The lowest BCUT2D eigenvalue weighted by molar-refractivity contribution is 0.0697. The van der Waals surface area contributed by atoms with Crippen molar-refractivity contribution in [2.24, 2.45) is 0 Å². The van der Waals surface area contributed by atoms with E-state index in [0.717, 1.165) is 22.6 Å². The summed E-state index contributed by atoms with van der Waals surface area (Å²) in [7, 11) is 0. The third kappa shape index (κ3) is 3.09. The first-order chi connectivity index (χ1) is 10.6. The summed E-state index contributed by atoms with van der Waals surface area (Å²) in [6, 6.07) is 19.0. The largest absolute Gasteiger partial charge is 0.478 e. The molecule has 2 aromatic carbocycles. The van der Waals surface area contributed by atoms with Crippen LogP contribution in [0.25, 0.3) is 11.3 Å². The van der Waals surface area contributed by atoms with Crippen LogP contribution in [0.3, 0.4) is 0 Å². The number of carbonyl (C=O) groups is 1. The summed E-state index contributed by atoms with van der Waals surface area (Å²) in [6.07, 6.45) is 0.645. The molecule has 3 heteroatoms. The molecule has 110 valence electrons. The third-order valence-electron chi connectivity index (χ3n) is 3.54. The fraction of sp³-hybridized carbons (Fsp3) is 0.105. The number of rotatable bonds is 4. The maximum atomic E-state index is 10.8. The zero-order valence-corrected chi connectivity index (χ0v) is 12.2. The van der Waals surface area contributed by atoms with Gasteiger partial charge >= 0.3 is 5.97 Å². The minimum atomic E-state index is -0.911. The van der Waals surface area contributed by atoms with Gasteiger partial charge in [-0.3, -0.25) is 0 Å². The first kappa shape index (κ1) is 14.1. The van der Waals surface area contributed by atoms with Crippen LogP contribution in [0.5, 0.6) is 0 Å². The van der Waals surface area contributed by atoms with Crippen molar-refractivity contribution in [1.82, 2.24) is 0 Å². The summed E-state index contributed by atoms with van der Waals surface area (Å²) in [5.74, 6) is 0.798. The Labute approximate surface area is 128 Å². The molecule has 0 spiro atoms. The number of aryl methyl sites for hydroxylation is 1. The second kappa shape index (κ2) is 5.90. The molecule has 0 atom stereocenters. The summed E-state index contributed by atoms with van der Waals surface area (Å²) in [5.41, 5.74) is 3.57. The zero-order chi connectivity index (χ0) is 15.5. The number of hydrogen-bond donors (Lipinski definition) is 1. The Morgan fingerprint density at radius 1 is 1.05 bits per heavy atom. The lowest BCUT2D eigenvalue weighted by atomic mass is 10.1. The van der Waals surface area contributed by atoms with Gasteiger partial charge in [-0.1, -0.05) is 35.9 Å².